The lowest BCUT2D eigenvalue weighted by Crippen LogP contribution is -2.47. The minimum absolute atomic E-state index is 0.125. The summed E-state index contributed by atoms with van der Waals surface area (Å²) in [7, 11) is 0. The van der Waals surface area contributed by atoms with Gasteiger partial charge in [-0.05, 0) is 44.0 Å². The Balaban J connectivity index is 2.85. The molecule has 0 saturated carbocycles. The van der Waals surface area contributed by atoms with Crippen LogP contribution in [0.4, 0.5) is 11.4 Å². The van der Waals surface area contributed by atoms with E-state index in [2.05, 4.69) is 10.6 Å². The van der Waals surface area contributed by atoms with Gasteiger partial charge in [-0.1, -0.05) is 6.92 Å². The second kappa shape index (κ2) is 5.84. The number of carbonyl (C=O) groups is 2. The van der Waals surface area contributed by atoms with Crippen molar-refractivity contribution in [2.75, 3.05) is 10.6 Å². The van der Waals surface area contributed by atoms with Crippen LogP contribution in [0.1, 0.15) is 32.8 Å². The molecule has 0 spiro atoms. The molecule has 0 bridgehead atoms. The zero-order valence-electron chi connectivity index (χ0n) is 11.8. The smallest absolute Gasteiger partial charge is 0.244 e. The number of aryl methyl sites for hydroxylation is 1. The molecule has 0 heterocycles. The first kappa shape index (κ1) is 15.2. The fourth-order valence-corrected chi connectivity index (χ4v) is 1.51. The molecule has 104 valence electrons. The van der Waals surface area contributed by atoms with E-state index in [1.54, 1.807) is 25.1 Å². The van der Waals surface area contributed by atoms with Gasteiger partial charge in [-0.25, -0.2) is 0 Å². The summed E-state index contributed by atoms with van der Waals surface area (Å²) in [5.41, 5.74) is 7.27. The van der Waals surface area contributed by atoms with E-state index in [0.29, 0.717) is 12.1 Å². The van der Waals surface area contributed by atoms with Crippen molar-refractivity contribution < 1.29 is 9.59 Å². The zero-order valence-corrected chi connectivity index (χ0v) is 11.8. The molecule has 1 atom stereocenters. The molecule has 0 aliphatic carbocycles. The van der Waals surface area contributed by atoms with Gasteiger partial charge in [0.05, 0.1) is 5.54 Å². The first-order chi connectivity index (χ1) is 8.76. The summed E-state index contributed by atoms with van der Waals surface area (Å²) in [4.78, 5) is 22.9. The van der Waals surface area contributed by atoms with Crippen LogP contribution in [-0.2, 0) is 9.59 Å². The molecule has 2 amide bonds. The monoisotopic (exact) mass is 263 g/mol. The van der Waals surface area contributed by atoms with Crippen molar-refractivity contribution in [1.29, 1.82) is 0 Å². The maximum Gasteiger partial charge on any atom is 0.244 e. The standard InChI is InChI=1S/C14H21N3O2/c1-5-14(4,15)13(19)17-11-6-7-12(9(2)8-11)16-10(3)18/h6-8H,5,15H2,1-4H3,(H,16,18)(H,17,19). The SMILES string of the molecule is CCC(C)(N)C(=O)Nc1ccc(NC(C)=O)c(C)c1. The number of amides is 2. The molecule has 0 fully saturated rings. The summed E-state index contributed by atoms with van der Waals surface area (Å²) in [6.45, 7) is 6.88. The van der Waals surface area contributed by atoms with E-state index in [4.69, 9.17) is 5.73 Å². The normalized spacial score (nSPS) is 13.5. The second-order valence-corrected chi connectivity index (χ2v) is 4.94. The number of anilines is 2. The zero-order chi connectivity index (χ0) is 14.6. The average Bonchev–Trinajstić information content (AvgIpc) is 2.32. The lowest BCUT2D eigenvalue weighted by molar-refractivity contribution is -0.120. The third-order valence-corrected chi connectivity index (χ3v) is 3.05. The van der Waals surface area contributed by atoms with Crippen LogP contribution in [0.3, 0.4) is 0 Å². The van der Waals surface area contributed by atoms with Crippen LogP contribution in [0.2, 0.25) is 0 Å². The van der Waals surface area contributed by atoms with Gasteiger partial charge < -0.3 is 16.4 Å². The van der Waals surface area contributed by atoms with Gasteiger partial charge in [-0.3, -0.25) is 9.59 Å². The van der Waals surface area contributed by atoms with Crippen molar-refractivity contribution in [3.8, 4) is 0 Å². The van der Waals surface area contributed by atoms with E-state index in [0.717, 1.165) is 11.3 Å². The number of rotatable bonds is 4. The van der Waals surface area contributed by atoms with Gasteiger partial charge in [0.1, 0.15) is 0 Å². The summed E-state index contributed by atoms with van der Waals surface area (Å²) in [6, 6.07) is 5.29. The number of hydrogen-bond donors (Lipinski definition) is 3. The van der Waals surface area contributed by atoms with E-state index >= 15 is 0 Å². The number of carbonyl (C=O) groups excluding carboxylic acids is 2. The summed E-state index contributed by atoms with van der Waals surface area (Å²) in [5.74, 6) is -0.345. The van der Waals surface area contributed by atoms with E-state index in [9.17, 15) is 9.59 Å². The Morgan fingerprint density at radius 2 is 1.95 bits per heavy atom. The molecule has 1 aromatic rings. The van der Waals surface area contributed by atoms with Gasteiger partial charge in [0.25, 0.3) is 0 Å². The van der Waals surface area contributed by atoms with Gasteiger partial charge in [0, 0.05) is 18.3 Å². The van der Waals surface area contributed by atoms with Crippen LogP contribution in [0.15, 0.2) is 18.2 Å². The molecule has 0 aliphatic heterocycles. The van der Waals surface area contributed by atoms with Crippen LogP contribution in [0.25, 0.3) is 0 Å². The Morgan fingerprint density at radius 3 is 2.42 bits per heavy atom. The molecule has 1 unspecified atom stereocenters. The lowest BCUT2D eigenvalue weighted by atomic mass is 9.99. The van der Waals surface area contributed by atoms with Crippen LogP contribution < -0.4 is 16.4 Å². The summed E-state index contributed by atoms with van der Waals surface area (Å²) < 4.78 is 0. The number of hydrogen-bond acceptors (Lipinski definition) is 3. The van der Waals surface area contributed by atoms with Crippen molar-refractivity contribution >= 4 is 23.2 Å². The van der Waals surface area contributed by atoms with Crippen LogP contribution >= 0.6 is 0 Å². The highest BCUT2D eigenvalue weighted by molar-refractivity contribution is 5.98. The van der Waals surface area contributed by atoms with Crippen molar-refractivity contribution in [1.82, 2.24) is 0 Å². The fraction of sp³-hybridized carbons (Fsp3) is 0.429. The maximum atomic E-state index is 11.9. The minimum atomic E-state index is -0.885. The highest BCUT2D eigenvalue weighted by atomic mass is 16.2. The predicted octanol–water partition coefficient (Wildman–Crippen LogP) is 2.02. The Hall–Kier alpha value is -1.88. The van der Waals surface area contributed by atoms with Crippen LogP contribution in [-0.4, -0.2) is 17.4 Å². The van der Waals surface area contributed by atoms with E-state index in [-0.39, 0.29) is 11.8 Å². The van der Waals surface area contributed by atoms with Crippen LogP contribution in [0.5, 0.6) is 0 Å². The summed E-state index contributed by atoms with van der Waals surface area (Å²) in [6.07, 6.45) is 0.557. The van der Waals surface area contributed by atoms with Crippen molar-refractivity contribution in [2.45, 2.75) is 39.7 Å². The minimum Gasteiger partial charge on any atom is -0.326 e. The molecule has 0 aromatic heterocycles. The largest absolute Gasteiger partial charge is 0.326 e. The van der Waals surface area contributed by atoms with E-state index in [1.165, 1.54) is 6.92 Å². The molecule has 0 radical (unpaired) electrons. The van der Waals surface area contributed by atoms with Crippen molar-refractivity contribution in [2.24, 2.45) is 5.73 Å². The quantitative estimate of drug-likeness (QED) is 0.777. The number of nitrogens with two attached hydrogens (primary N) is 1. The van der Waals surface area contributed by atoms with Gasteiger partial charge in [-0.15, -0.1) is 0 Å². The van der Waals surface area contributed by atoms with E-state index in [1.807, 2.05) is 13.8 Å². The Kier molecular flexibility index (Phi) is 4.67. The van der Waals surface area contributed by atoms with E-state index < -0.39 is 5.54 Å². The van der Waals surface area contributed by atoms with Crippen molar-refractivity contribution in [3.05, 3.63) is 23.8 Å². The molecule has 0 saturated heterocycles. The highest BCUT2D eigenvalue weighted by Gasteiger charge is 2.25. The number of benzene rings is 1. The molecule has 4 N–H and O–H groups in total. The molecular formula is C14H21N3O2. The third kappa shape index (κ3) is 4.06. The Labute approximate surface area is 113 Å². The molecule has 1 rings (SSSR count). The molecule has 0 aliphatic rings. The first-order valence-electron chi connectivity index (χ1n) is 6.25. The fourth-order valence-electron chi connectivity index (χ4n) is 1.51. The van der Waals surface area contributed by atoms with Gasteiger partial charge >= 0.3 is 0 Å². The highest BCUT2D eigenvalue weighted by Crippen LogP contribution is 2.20. The lowest BCUT2D eigenvalue weighted by Gasteiger charge is -2.21. The Bertz CT molecular complexity index is 495. The average molecular weight is 263 g/mol. The molecule has 5 heteroatoms. The van der Waals surface area contributed by atoms with Crippen LogP contribution in [0, 0.1) is 6.92 Å². The van der Waals surface area contributed by atoms with Gasteiger partial charge in [-0.2, -0.15) is 0 Å². The molecule has 5 nitrogen and oxygen atoms in total. The predicted molar refractivity (Wildman–Crippen MR) is 77.0 cm³/mol. The Morgan fingerprint density at radius 1 is 1.32 bits per heavy atom. The van der Waals surface area contributed by atoms with Crippen molar-refractivity contribution in [3.63, 3.8) is 0 Å². The van der Waals surface area contributed by atoms with Gasteiger partial charge in [0.2, 0.25) is 11.8 Å². The topological polar surface area (TPSA) is 84.2 Å². The maximum absolute atomic E-state index is 11.9. The molecule has 19 heavy (non-hydrogen) atoms. The third-order valence-electron chi connectivity index (χ3n) is 3.05. The summed E-state index contributed by atoms with van der Waals surface area (Å²) in [5, 5.41) is 5.50. The first-order valence-corrected chi connectivity index (χ1v) is 6.25. The van der Waals surface area contributed by atoms with Gasteiger partial charge in [0.15, 0.2) is 0 Å². The number of nitrogens with one attached hydrogen (secondary N) is 2. The molecule has 1 aromatic carbocycles. The summed E-state index contributed by atoms with van der Waals surface area (Å²) >= 11 is 0. The second-order valence-electron chi connectivity index (χ2n) is 4.94. The molecular weight excluding hydrogens is 242 g/mol.